The van der Waals surface area contributed by atoms with Crippen molar-refractivity contribution in [3.63, 3.8) is 0 Å². The number of anilines is 2. The summed E-state index contributed by atoms with van der Waals surface area (Å²) < 4.78 is 0. The second-order valence-corrected chi connectivity index (χ2v) is 5.16. The average Bonchev–Trinajstić information content (AvgIpc) is 2.51. The van der Waals surface area contributed by atoms with Crippen LogP contribution in [0.25, 0.3) is 0 Å². The molecule has 0 aromatic heterocycles. The van der Waals surface area contributed by atoms with Crippen LogP contribution in [-0.2, 0) is 4.79 Å². The summed E-state index contributed by atoms with van der Waals surface area (Å²) in [5, 5.41) is 3.54. The van der Waals surface area contributed by atoms with Crippen molar-refractivity contribution >= 4 is 28.9 Å². The Labute approximate surface area is 130 Å². The maximum atomic E-state index is 12.0. The molecule has 110 valence electrons. The van der Waals surface area contributed by atoms with Gasteiger partial charge in [0.1, 0.15) is 0 Å². The van der Waals surface area contributed by atoms with E-state index in [9.17, 15) is 4.79 Å². The molecule has 0 spiro atoms. The van der Waals surface area contributed by atoms with Crippen molar-refractivity contribution in [2.75, 3.05) is 23.3 Å². The Morgan fingerprint density at radius 1 is 1.10 bits per heavy atom. The number of halogens is 1. The molecule has 1 amide bonds. The highest BCUT2D eigenvalue weighted by Crippen LogP contribution is 2.15. The predicted octanol–water partition coefficient (Wildman–Crippen LogP) is 4.20. The first kappa shape index (κ1) is 15.4. The summed E-state index contributed by atoms with van der Waals surface area (Å²) >= 11 is 5.82. The van der Waals surface area contributed by atoms with Crippen LogP contribution in [0.1, 0.15) is 13.3 Å². The fourth-order valence-corrected chi connectivity index (χ4v) is 2.23. The van der Waals surface area contributed by atoms with Crippen LogP contribution in [0.4, 0.5) is 11.4 Å². The molecule has 0 aliphatic rings. The van der Waals surface area contributed by atoms with E-state index in [4.69, 9.17) is 11.6 Å². The number of rotatable bonds is 6. The number of carbonyl (C=O) groups is 1. The predicted molar refractivity (Wildman–Crippen MR) is 89.0 cm³/mol. The molecular formula is C17H19ClN2O. The fraction of sp³-hybridized carbons (Fsp3) is 0.235. The summed E-state index contributed by atoms with van der Waals surface area (Å²) in [6.45, 7) is 3.66. The van der Waals surface area contributed by atoms with Crippen molar-refractivity contribution in [1.29, 1.82) is 0 Å². The Morgan fingerprint density at radius 3 is 2.38 bits per heavy atom. The number of para-hydroxylation sites is 1. The summed E-state index contributed by atoms with van der Waals surface area (Å²) in [4.78, 5) is 14.2. The van der Waals surface area contributed by atoms with Gasteiger partial charge >= 0.3 is 0 Å². The lowest BCUT2D eigenvalue weighted by molar-refractivity contribution is -0.116. The lowest BCUT2D eigenvalue weighted by Gasteiger charge is -2.22. The van der Waals surface area contributed by atoms with E-state index in [1.165, 1.54) is 0 Å². The molecule has 2 aromatic carbocycles. The van der Waals surface area contributed by atoms with Crippen LogP contribution in [0, 0.1) is 0 Å². The van der Waals surface area contributed by atoms with Crippen LogP contribution in [0.3, 0.4) is 0 Å². The Morgan fingerprint density at radius 2 is 1.76 bits per heavy atom. The summed E-state index contributed by atoms with van der Waals surface area (Å²) in [5.74, 6) is 0.00621. The van der Waals surface area contributed by atoms with Gasteiger partial charge in [-0.2, -0.15) is 0 Å². The minimum absolute atomic E-state index is 0.00621. The first-order chi connectivity index (χ1) is 10.2. The van der Waals surface area contributed by atoms with Gasteiger partial charge < -0.3 is 10.2 Å². The summed E-state index contributed by atoms with van der Waals surface area (Å²) in [6.07, 6.45) is 0.450. The fourth-order valence-electron chi connectivity index (χ4n) is 2.10. The molecule has 0 unspecified atom stereocenters. The van der Waals surface area contributed by atoms with Crippen molar-refractivity contribution < 1.29 is 4.79 Å². The van der Waals surface area contributed by atoms with Crippen molar-refractivity contribution in [3.05, 3.63) is 59.6 Å². The van der Waals surface area contributed by atoms with E-state index in [-0.39, 0.29) is 5.91 Å². The van der Waals surface area contributed by atoms with E-state index in [0.29, 0.717) is 18.0 Å². The van der Waals surface area contributed by atoms with Crippen molar-refractivity contribution in [2.24, 2.45) is 0 Å². The van der Waals surface area contributed by atoms with Crippen LogP contribution in [0.15, 0.2) is 54.6 Å². The van der Waals surface area contributed by atoms with Gasteiger partial charge in [0.2, 0.25) is 5.91 Å². The van der Waals surface area contributed by atoms with E-state index in [2.05, 4.69) is 29.3 Å². The zero-order valence-corrected chi connectivity index (χ0v) is 12.8. The van der Waals surface area contributed by atoms with Crippen LogP contribution >= 0.6 is 11.6 Å². The molecule has 0 saturated carbocycles. The third kappa shape index (κ3) is 4.80. The molecule has 0 aliphatic heterocycles. The summed E-state index contributed by atoms with van der Waals surface area (Å²) in [7, 11) is 0. The van der Waals surface area contributed by atoms with Gasteiger partial charge in [-0.1, -0.05) is 29.8 Å². The van der Waals surface area contributed by atoms with E-state index < -0.39 is 0 Å². The smallest absolute Gasteiger partial charge is 0.226 e. The van der Waals surface area contributed by atoms with E-state index in [1.807, 2.05) is 18.2 Å². The molecule has 1 N–H and O–H groups in total. The quantitative estimate of drug-likeness (QED) is 0.867. The van der Waals surface area contributed by atoms with E-state index >= 15 is 0 Å². The number of nitrogens with one attached hydrogen (secondary N) is 1. The highest BCUT2D eigenvalue weighted by Gasteiger charge is 2.07. The summed E-state index contributed by atoms with van der Waals surface area (Å²) in [6, 6.07) is 17.2. The SMILES string of the molecule is CCN(CCC(=O)Nc1ccc(Cl)cc1)c1ccccc1. The van der Waals surface area contributed by atoms with E-state index in [1.54, 1.807) is 24.3 Å². The number of hydrogen-bond donors (Lipinski definition) is 1. The third-order valence-electron chi connectivity index (χ3n) is 3.24. The Balaban J connectivity index is 1.86. The van der Waals surface area contributed by atoms with Crippen LogP contribution < -0.4 is 10.2 Å². The first-order valence-corrected chi connectivity index (χ1v) is 7.42. The highest BCUT2D eigenvalue weighted by molar-refractivity contribution is 6.30. The molecule has 0 fully saturated rings. The maximum Gasteiger partial charge on any atom is 0.226 e. The topological polar surface area (TPSA) is 32.3 Å². The monoisotopic (exact) mass is 302 g/mol. The van der Waals surface area contributed by atoms with Crippen molar-refractivity contribution in [1.82, 2.24) is 0 Å². The van der Waals surface area contributed by atoms with Gasteiger partial charge in [-0.3, -0.25) is 4.79 Å². The second-order valence-electron chi connectivity index (χ2n) is 4.72. The normalized spacial score (nSPS) is 10.2. The number of amides is 1. The average molecular weight is 303 g/mol. The number of hydrogen-bond acceptors (Lipinski definition) is 2. The van der Waals surface area contributed by atoms with Crippen molar-refractivity contribution in [2.45, 2.75) is 13.3 Å². The zero-order valence-electron chi connectivity index (χ0n) is 12.1. The van der Waals surface area contributed by atoms with Gasteiger partial charge in [-0.15, -0.1) is 0 Å². The molecule has 0 aliphatic carbocycles. The Kier molecular flexibility index (Phi) is 5.64. The largest absolute Gasteiger partial charge is 0.371 e. The second kappa shape index (κ2) is 7.70. The van der Waals surface area contributed by atoms with Crippen LogP contribution in [-0.4, -0.2) is 19.0 Å². The molecule has 4 heteroatoms. The van der Waals surface area contributed by atoms with Gasteiger partial charge in [0, 0.05) is 35.9 Å². The van der Waals surface area contributed by atoms with Gasteiger partial charge in [0.05, 0.1) is 0 Å². The number of benzene rings is 2. The molecule has 0 heterocycles. The minimum Gasteiger partial charge on any atom is -0.371 e. The molecule has 0 atom stereocenters. The number of carbonyl (C=O) groups excluding carboxylic acids is 1. The van der Waals surface area contributed by atoms with Gasteiger partial charge in [-0.25, -0.2) is 0 Å². The van der Waals surface area contributed by atoms with Crippen LogP contribution in [0.5, 0.6) is 0 Å². The lowest BCUT2D eigenvalue weighted by atomic mass is 10.2. The standard InChI is InChI=1S/C17H19ClN2O/c1-2-20(16-6-4-3-5-7-16)13-12-17(21)19-15-10-8-14(18)9-11-15/h3-11H,2,12-13H2,1H3,(H,19,21). The van der Waals surface area contributed by atoms with E-state index in [0.717, 1.165) is 17.9 Å². The molecule has 0 radical (unpaired) electrons. The molecule has 2 aromatic rings. The molecular weight excluding hydrogens is 284 g/mol. The molecule has 0 saturated heterocycles. The highest BCUT2D eigenvalue weighted by atomic mass is 35.5. The van der Waals surface area contributed by atoms with Crippen molar-refractivity contribution in [3.8, 4) is 0 Å². The molecule has 2 rings (SSSR count). The molecule has 3 nitrogen and oxygen atoms in total. The Bertz CT molecular complexity index is 569. The minimum atomic E-state index is 0.00621. The van der Waals surface area contributed by atoms with Gasteiger partial charge in [0.25, 0.3) is 0 Å². The zero-order chi connectivity index (χ0) is 15.1. The maximum absolute atomic E-state index is 12.0. The molecule has 0 bridgehead atoms. The van der Waals surface area contributed by atoms with Crippen LogP contribution in [0.2, 0.25) is 5.02 Å². The van der Waals surface area contributed by atoms with Gasteiger partial charge in [0.15, 0.2) is 0 Å². The van der Waals surface area contributed by atoms with Gasteiger partial charge in [-0.05, 0) is 43.3 Å². The summed E-state index contributed by atoms with van der Waals surface area (Å²) in [5.41, 5.74) is 1.91. The number of nitrogens with zero attached hydrogens (tertiary/aromatic N) is 1. The lowest BCUT2D eigenvalue weighted by Crippen LogP contribution is -2.27. The molecule has 21 heavy (non-hydrogen) atoms. The Hall–Kier alpha value is -2.00. The first-order valence-electron chi connectivity index (χ1n) is 7.04. The third-order valence-corrected chi connectivity index (χ3v) is 3.49.